The van der Waals surface area contributed by atoms with Crippen molar-refractivity contribution in [2.24, 2.45) is 0 Å². The van der Waals surface area contributed by atoms with Gasteiger partial charge in [0.05, 0.1) is 4.90 Å². The minimum absolute atomic E-state index is 0.0945. The van der Waals surface area contributed by atoms with Gasteiger partial charge in [0, 0.05) is 18.8 Å². The highest BCUT2D eigenvalue weighted by Crippen LogP contribution is 2.31. The normalized spacial score (nSPS) is 15.6. The first-order valence-corrected chi connectivity index (χ1v) is 11.7. The van der Waals surface area contributed by atoms with Crippen molar-refractivity contribution in [3.63, 3.8) is 0 Å². The van der Waals surface area contributed by atoms with Gasteiger partial charge < -0.3 is 10.1 Å². The minimum Gasteiger partial charge on any atom is -0.483 e. The first-order chi connectivity index (χ1) is 14.2. The third kappa shape index (κ3) is 5.40. The average molecular weight is 431 g/mol. The van der Waals surface area contributed by atoms with Crippen LogP contribution in [0.25, 0.3) is 0 Å². The molecule has 7 heteroatoms. The number of sulfonamides is 1. The average Bonchev–Trinajstić information content (AvgIpc) is 2.73. The second kappa shape index (κ2) is 9.18. The van der Waals surface area contributed by atoms with E-state index in [1.54, 1.807) is 12.1 Å². The van der Waals surface area contributed by atoms with E-state index in [2.05, 4.69) is 26.1 Å². The van der Waals surface area contributed by atoms with Crippen LogP contribution in [-0.2, 0) is 20.2 Å². The Morgan fingerprint density at radius 2 is 1.63 bits per heavy atom. The number of benzene rings is 2. The molecule has 2 aromatic rings. The van der Waals surface area contributed by atoms with E-state index in [0.29, 0.717) is 24.5 Å². The van der Waals surface area contributed by atoms with Crippen LogP contribution in [0.1, 0.15) is 45.6 Å². The number of amides is 1. The summed E-state index contributed by atoms with van der Waals surface area (Å²) in [6.45, 7) is 7.28. The van der Waals surface area contributed by atoms with E-state index >= 15 is 0 Å². The highest BCUT2D eigenvalue weighted by molar-refractivity contribution is 7.89. The molecule has 2 aromatic carbocycles. The molecule has 1 amide bonds. The number of piperidine rings is 1. The van der Waals surface area contributed by atoms with Gasteiger partial charge in [-0.15, -0.1) is 0 Å². The molecule has 0 aromatic heterocycles. The number of nitrogens with zero attached hydrogens (tertiary/aromatic N) is 1. The topological polar surface area (TPSA) is 75.7 Å². The third-order valence-corrected chi connectivity index (χ3v) is 7.06. The predicted octanol–water partition coefficient (Wildman–Crippen LogP) is 4.18. The number of ether oxygens (including phenoxy) is 1. The van der Waals surface area contributed by atoms with Gasteiger partial charge in [-0.1, -0.05) is 45.4 Å². The fourth-order valence-electron chi connectivity index (χ4n) is 3.52. The van der Waals surface area contributed by atoms with Gasteiger partial charge in [0.1, 0.15) is 5.75 Å². The molecule has 1 N–H and O–H groups in total. The zero-order chi connectivity index (χ0) is 21.8. The highest BCUT2D eigenvalue weighted by atomic mass is 32.2. The summed E-state index contributed by atoms with van der Waals surface area (Å²) in [5.41, 5.74) is 1.47. The molecule has 0 atom stereocenters. The van der Waals surface area contributed by atoms with Crippen LogP contribution < -0.4 is 10.1 Å². The van der Waals surface area contributed by atoms with Gasteiger partial charge in [0.25, 0.3) is 5.91 Å². The number of hydrogen-bond donors (Lipinski definition) is 1. The summed E-state index contributed by atoms with van der Waals surface area (Å²) in [4.78, 5) is 12.6. The SMILES string of the molecule is CC(C)(C)c1ccccc1OCC(=O)Nc1ccc(S(=O)(=O)N2CCCCC2)cc1. The van der Waals surface area contributed by atoms with Crippen LogP contribution in [0.15, 0.2) is 53.4 Å². The molecule has 0 radical (unpaired) electrons. The van der Waals surface area contributed by atoms with Crippen molar-refractivity contribution in [3.05, 3.63) is 54.1 Å². The zero-order valence-electron chi connectivity index (χ0n) is 17.8. The van der Waals surface area contributed by atoms with Crippen LogP contribution in [0.4, 0.5) is 5.69 Å². The van der Waals surface area contributed by atoms with Crippen molar-refractivity contribution in [1.82, 2.24) is 4.31 Å². The van der Waals surface area contributed by atoms with Gasteiger partial charge in [-0.05, 0) is 54.2 Å². The van der Waals surface area contributed by atoms with E-state index in [-0.39, 0.29) is 22.8 Å². The molecule has 1 heterocycles. The van der Waals surface area contributed by atoms with Gasteiger partial charge in [-0.25, -0.2) is 8.42 Å². The van der Waals surface area contributed by atoms with Gasteiger partial charge in [0.2, 0.25) is 10.0 Å². The van der Waals surface area contributed by atoms with Gasteiger partial charge in [-0.2, -0.15) is 4.31 Å². The molecule has 1 saturated heterocycles. The quantitative estimate of drug-likeness (QED) is 0.746. The molecule has 1 fully saturated rings. The summed E-state index contributed by atoms with van der Waals surface area (Å²) in [5, 5.41) is 2.76. The summed E-state index contributed by atoms with van der Waals surface area (Å²) in [7, 11) is -3.48. The smallest absolute Gasteiger partial charge is 0.262 e. The molecule has 162 valence electrons. The maximum Gasteiger partial charge on any atom is 0.262 e. The van der Waals surface area contributed by atoms with Crippen LogP contribution >= 0.6 is 0 Å². The number of nitrogens with one attached hydrogen (secondary N) is 1. The molecular formula is C23H30N2O4S. The summed E-state index contributed by atoms with van der Waals surface area (Å²) in [5.74, 6) is 0.383. The van der Waals surface area contributed by atoms with Crippen LogP contribution in [0.2, 0.25) is 0 Å². The number of anilines is 1. The lowest BCUT2D eigenvalue weighted by Crippen LogP contribution is -2.35. The lowest BCUT2D eigenvalue weighted by molar-refractivity contribution is -0.118. The maximum absolute atomic E-state index is 12.7. The molecule has 0 bridgehead atoms. The van der Waals surface area contributed by atoms with E-state index in [0.717, 1.165) is 24.8 Å². The fourth-order valence-corrected chi connectivity index (χ4v) is 5.03. The van der Waals surface area contributed by atoms with Crippen molar-refractivity contribution >= 4 is 21.6 Å². The first-order valence-electron chi connectivity index (χ1n) is 10.3. The fraction of sp³-hybridized carbons (Fsp3) is 0.435. The largest absolute Gasteiger partial charge is 0.483 e. The van der Waals surface area contributed by atoms with Crippen molar-refractivity contribution < 1.29 is 17.9 Å². The molecule has 30 heavy (non-hydrogen) atoms. The number of carbonyl (C=O) groups is 1. The molecule has 1 aliphatic rings. The number of para-hydroxylation sites is 1. The Kier molecular flexibility index (Phi) is 6.83. The number of carbonyl (C=O) groups excluding carboxylic acids is 1. The van der Waals surface area contributed by atoms with E-state index < -0.39 is 10.0 Å². The summed E-state index contributed by atoms with van der Waals surface area (Å²) in [6, 6.07) is 14.0. The number of rotatable bonds is 6. The second-order valence-electron chi connectivity index (χ2n) is 8.57. The zero-order valence-corrected chi connectivity index (χ0v) is 18.7. The summed E-state index contributed by atoms with van der Waals surface area (Å²) >= 11 is 0. The van der Waals surface area contributed by atoms with Crippen molar-refractivity contribution in [3.8, 4) is 5.75 Å². The molecule has 1 aliphatic heterocycles. The monoisotopic (exact) mass is 430 g/mol. The van der Waals surface area contributed by atoms with Crippen molar-refractivity contribution in [1.29, 1.82) is 0 Å². The predicted molar refractivity (Wildman–Crippen MR) is 118 cm³/mol. The first kappa shape index (κ1) is 22.3. The van der Waals surface area contributed by atoms with E-state index in [1.807, 2.05) is 24.3 Å². The van der Waals surface area contributed by atoms with E-state index in [9.17, 15) is 13.2 Å². The Balaban J connectivity index is 1.60. The molecule has 0 saturated carbocycles. The van der Waals surface area contributed by atoms with Crippen LogP contribution in [0.3, 0.4) is 0 Å². The van der Waals surface area contributed by atoms with Crippen LogP contribution in [0, 0.1) is 0 Å². The molecular weight excluding hydrogens is 400 g/mol. The lowest BCUT2D eigenvalue weighted by Gasteiger charge is -2.25. The van der Waals surface area contributed by atoms with Crippen molar-refractivity contribution in [2.45, 2.75) is 50.3 Å². The molecule has 3 rings (SSSR count). The van der Waals surface area contributed by atoms with E-state index in [4.69, 9.17) is 4.74 Å². The maximum atomic E-state index is 12.7. The Morgan fingerprint density at radius 1 is 1.00 bits per heavy atom. The van der Waals surface area contributed by atoms with Gasteiger partial charge in [-0.3, -0.25) is 4.79 Å². The Morgan fingerprint density at radius 3 is 2.27 bits per heavy atom. The standard InChI is InChI=1S/C23H30N2O4S/c1-23(2,3)20-9-5-6-10-21(20)29-17-22(26)24-18-11-13-19(14-12-18)30(27,28)25-15-7-4-8-16-25/h5-6,9-14H,4,7-8,15-17H2,1-3H3,(H,24,26). The van der Waals surface area contributed by atoms with Gasteiger partial charge >= 0.3 is 0 Å². The van der Waals surface area contributed by atoms with E-state index in [1.165, 1.54) is 16.4 Å². The van der Waals surface area contributed by atoms with Crippen molar-refractivity contribution in [2.75, 3.05) is 25.0 Å². The molecule has 6 nitrogen and oxygen atoms in total. The van der Waals surface area contributed by atoms with Gasteiger partial charge in [0.15, 0.2) is 6.61 Å². The summed E-state index contributed by atoms with van der Waals surface area (Å²) in [6.07, 6.45) is 2.86. The lowest BCUT2D eigenvalue weighted by atomic mass is 9.86. The second-order valence-corrected chi connectivity index (χ2v) is 10.5. The molecule has 0 unspecified atom stereocenters. The Labute approximate surface area is 179 Å². The molecule has 0 spiro atoms. The number of hydrogen-bond acceptors (Lipinski definition) is 4. The highest BCUT2D eigenvalue weighted by Gasteiger charge is 2.25. The Bertz CT molecular complexity index is 973. The molecule has 0 aliphatic carbocycles. The third-order valence-electron chi connectivity index (χ3n) is 5.14. The Hall–Kier alpha value is -2.38. The summed E-state index contributed by atoms with van der Waals surface area (Å²) < 4.78 is 32.7. The minimum atomic E-state index is -3.48. The van der Waals surface area contributed by atoms with Crippen LogP contribution in [-0.4, -0.2) is 38.3 Å². The van der Waals surface area contributed by atoms with Crippen LogP contribution in [0.5, 0.6) is 5.75 Å².